The number of aryl methyl sites for hydroxylation is 1. The highest BCUT2D eigenvalue weighted by molar-refractivity contribution is 6.04. The molecule has 0 aliphatic carbocycles. The number of imide groups is 1. The molecule has 3 amide bonds. The lowest BCUT2D eigenvalue weighted by Gasteiger charge is -2.39. The van der Waals surface area contributed by atoms with Crippen LogP contribution in [-0.4, -0.2) is 63.4 Å². The Kier molecular flexibility index (Phi) is 10.4. The van der Waals surface area contributed by atoms with Crippen LogP contribution in [0.5, 0.6) is 0 Å². The van der Waals surface area contributed by atoms with Crippen molar-refractivity contribution < 1.29 is 31.9 Å². The number of anilines is 2. The van der Waals surface area contributed by atoms with E-state index in [0.717, 1.165) is 11.6 Å². The van der Waals surface area contributed by atoms with Gasteiger partial charge in [-0.3, -0.25) is 24.6 Å². The molecule has 0 radical (unpaired) electrons. The Bertz CT molecular complexity index is 2360. The number of fused-ring (bicyclic) bond motifs is 1. The molecule has 2 aliphatic heterocycles. The number of benzene rings is 3. The Morgan fingerprint density at radius 3 is 2.56 bits per heavy atom. The van der Waals surface area contributed by atoms with E-state index in [1.807, 2.05) is 14.0 Å². The zero-order valence-electron chi connectivity index (χ0n) is 30.1. The van der Waals surface area contributed by atoms with E-state index in [9.17, 15) is 27.6 Å². The van der Waals surface area contributed by atoms with Crippen molar-refractivity contribution in [1.29, 1.82) is 0 Å². The Labute approximate surface area is 314 Å². The van der Waals surface area contributed by atoms with Crippen LogP contribution in [-0.2, 0) is 22.3 Å². The first-order valence-corrected chi connectivity index (χ1v) is 17.9. The molecule has 2 saturated heterocycles. The predicted molar refractivity (Wildman–Crippen MR) is 198 cm³/mol. The fraction of sp³-hybridized carbons (Fsp3) is 0.293. The Morgan fingerprint density at radius 2 is 1.82 bits per heavy atom. The van der Waals surface area contributed by atoms with Crippen molar-refractivity contribution in [3.8, 4) is 11.8 Å². The topological polar surface area (TPSA) is 112 Å². The average molecular weight is 752 g/mol. The summed E-state index contributed by atoms with van der Waals surface area (Å²) in [6.07, 6.45) is 0.113. The van der Waals surface area contributed by atoms with Gasteiger partial charge in [0.25, 0.3) is 5.91 Å². The van der Waals surface area contributed by atoms with E-state index < -0.39 is 35.3 Å². The first-order chi connectivity index (χ1) is 26.3. The molecule has 14 heteroatoms. The Balaban J connectivity index is 0.992. The number of alkyl halides is 3. The highest BCUT2D eigenvalue weighted by Gasteiger charge is 2.37. The number of aromatic nitrogens is 3. The summed E-state index contributed by atoms with van der Waals surface area (Å²) in [6.45, 7) is 2.99. The molecule has 282 valence electrons. The highest BCUT2D eigenvalue weighted by atomic mass is 19.4. The fourth-order valence-electron chi connectivity index (χ4n) is 7.17. The molecular weight excluding hydrogens is 714 g/mol. The number of halogens is 4. The van der Waals surface area contributed by atoms with Crippen LogP contribution >= 0.6 is 0 Å². The highest BCUT2D eigenvalue weighted by Crippen LogP contribution is 2.39. The van der Waals surface area contributed by atoms with Gasteiger partial charge in [0.1, 0.15) is 11.5 Å². The van der Waals surface area contributed by atoms with Gasteiger partial charge in [-0.25, -0.2) is 13.9 Å². The van der Waals surface area contributed by atoms with Crippen LogP contribution in [0.4, 0.5) is 28.9 Å². The lowest BCUT2D eigenvalue weighted by Crippen LogP contribution is -2.43. The third-order valence-electron chi connectivity index (χ3n) is 10.2. The third kappa shape index (κ3) is 8.22. The van der Waals surface area contributed by atoms with Crippen LogP contribution in [0.3, 0.4) is 0 Å². The van der Waals surface area contributed by atoms with Crippen LogP contribution in [0.1, 0.15) is 75.5 Å². The molecule has 1 unspecified atom stereocenters. The van der Waals surface area contributed by atoms with E-state index >= 15 is 4.39 Å². The maximum absolute atomic E-state index is 15.1. The zero-order valence-corrected chi connectivity index (χ0v) is 30.1. The molecule has 10 nitrogen and oxygen atoms in total. The first kappa shape index (κ1) is 37.3. The third-order valence-corrected chi connectivity index (χ3v) is 10.2. The van der Waals surface area contributed by atoms with Gasteiger partial charge >= 0.3 is 6.18 Å². The Hall–Kier alpha value is -6.07. The minimum absolute atomic E-state index is 0.0107. The maximum atomic E-state index is 15.1. The van der Waals surface area contributed by atoms with Crippen molar-refractivity contribution in [3.63, 3.8) is 0 Å². The summed E-state index contributed by atoms with van der Waals surface area (Å²) in [4.78, 5) is 45.0. The number of imidazole rings is 1. The number of amides is 3. The van der Waals surface area contributed by atoms with Gasteiger partial charge in [-0.2, -0.15) is 18.3 Å². The lowest BCUT2D eigenvalue weighted by atomic mass is 9.89. The molecule has 4 heterocycles. The molecule has 1 atom stereocenters. The quantitative estimate of drug-likeness (QED) is 0.112. The molecule has 2 N–H and O–H groups in total. The molecule has 2 aromatic heterocycles. The summed E-state index contributed by atoms with van der Waals surface area (Å²) in [5, 5.41) is 9.13. The van der Waals surface area contributed by atoms with Crippen molar-refractivity contribution in [3.05, 3.63) is 124 Å². The Morgan fingerprint density at radius 1 is 1.02 bits per heavy atom. The summed E-state index contributed by atoms with van der Waals surface area (Å²) in [5.41, 5.74) is 2.99. The monoisotopic (exact) mass is 751 g/mol. The number of hydrogen-bond donors (Lipinski definition) is 2. The summed E-state index contributed by atoms with van der Waals surface area (Å²) < 4.78 is 60.1. The molecule has 0 saturated carbocycles. The molecule has 7 rings (SSSR count). The van der Waals surface area contributed by atoms with Crippen molar-refractivity contribution in [1.82, 2.24) is 24.8 Å². The van der Waals surface area contributed by atoms with E-state index in [-0.39, 0.29) is 47.3 Å². The molecule has 55 heavy (non-hydrogen) atoms. The van der Waals surface area contributed by atoms with Gasteiger partial charge in [0.05, 0.1) is 17.7 Å². The van der Waals surface area contributed by atoms with Gasteiger partial charge in [0.2, 0.25) is 11.8 Å². The number of carbonyl (C=O) groups is 3. The van der Waals surface area contributed by atoms with Crippen molar-refractivity contribution >= 4 is 34.7 Å². The molecular formula is C41H37F4N7O3. The number of nitrogens with zero attached hydrogens (tertiary/aromatic N) is 5. The van der Waals surface area contributed by atoms with E-state index in [0.29, 0.717) is 54.9 Å². The van der Waals surface area contributed by atoms with Gasteiger partial charge in [-0.05, 0) is 98.8 Å². The maximum Gasteiger partial charge on any atom is 0.418 e. The van der Waals surface area contributed by atoms with Gasteiger partial charge in [0, 0.05) is 66.4 Å². The van der Waals surface area contributed by atoms with Crippen molar-refractivity contribution in [2.75, 3.05) is 30.4 Å². The van der Waals surface area contributed by atoms with Gasteiger partial charge in [-0.15, -0.1) is 0 Å². The second kappa shape index (κ2) is 15.3. The van der Waals surface area contributed by atoms with Gasteiger partial charge in [0.15, 0.2) is 5.65 Å². The minimum Gasteiger partial charge on any atom is -0.371 e. The van der Waals surface area contributed by atoms with Crippen LogP contribution in [0.25, 0.3) is 5.65 Å². The largest absolute Gasteiger partial charge is 0.418 e. The second-order valence-corrected chi connectivity index (χ2v) is 13.9. The summed E-state index contributed by atoms with van der Waals surface area (Å²) in [7, 11) is 1.90. The predicted octanol–water partition coefficient (Wildman–Crippen LogP) is 6.47. The average Bonchev–Trinajstić information content (AvgIpc) is 3.57. The fourth-order valence-corrected chi connectivity index (χ4v) is 7.17. The molecule has 5 aromatic rings. The van der Waals surface area contributed by atoms with E-state index in [1.54, 1.807) is 64.3 Å². The molecule has 0 spiro atoms. The van der Waals surface area contributed by atoms with E-state index in [2.05, 4.69) is 37.5 Å². The van der Waals surface area contributed by atoms with E-state index in [1.165, 1.54) is 18.2 Å². The van der Waals surface area contributed by atoms with Crippen molar-refractivity contribution in [2.24, 2.45) is 0 Å². The number of carbonyl (C=O) groups excluding carboxylic acids is 3. The zero-order chi connectivity index (χ0) is 38.9. The summed E-state index contributed by atoms with van der Waals surface area (Å²) in [6, 6.07) is 17.1. The number of piperidine rings is 2. The summed E-state index contributed by atoms with van der Waals surface area (Å²) in [5.74, 6) is 3.41. The van der Waals surface area contributed by atoms with Crippen LogP contribution in [0.2, 0.25) is 0 Å². The molecule has 2 fully saturated rings. The number of rotatable bonds is 7. The molecule has 3 aromatic carbocycles. The minimum atomic E-state index is -4.67. The van der Waals surface area contributed by atoms with Gasteiger partial charge < -0.3 is 10.2 Å². The SMILES string of the molecule is Cc1ccc(C(=O)Nc2ccc(N3CCC(N(C)Cc4ccc(C5CCC(=O)NC5=O)c(F)c4)CC3)c(C(F)(F)F)c2)cc1C#Cc1cnc2cccnn12. The standard InChI is InChI=1S/C41H37F4N7O3/c1-25-5-7-28(21-27(25)8-10-31-23-46-37-4-3-17-47-52(31)37)39(54)48-29-9-13-36(34(22-29)41(43,44)45)51-18-15-30(16-19-51)50(2)24-26-6-11-32(35(42)20-26)33-12-14-38(53)49-40(33)55/h3-7,9,11,13,17,20-23,30,33H,12,14-16,18-19,24H2,1-2H3,(H,48,54)(H,49,53,55). The summed E-state index contributed by atoms with van der Waals surface area (Å²) >= 11 is 0. The van der Waals surface area contributed by atoms with Crippen molar-refractivity contribution in [2.45, 2.75) is 57.3 Å². The smallest absolute Gasteiger partial charge is 0.371 e. The number of hydrogen-bond acceptors (Lipinski definition) is 7. The van der Waals surface area contributed by atoms with Crippen LogP contribution in [0.15, 0.2) is 79.1 Å². The lowest BCUT2D eigenvalue weighted by molar-refractivity contribution is -0.137. The second-order valence-electron chi connectivity index (χ2n) is 13.9. The van der Waals surface area contributed by atoms with Crippen LogP contribution < -0.4 is 15.5 Å². The number of nitrogens with one attached hydrogen (secondary N) is 2. The normalized spacial score (nSPS) is 16.6. The molecule has 2 aliphatic rings. The molecule has 0 bridgehead atoms. The first-order valence-electron chi connectivity index (χ1n) is 17.9. The van der Waals surface area contributed by atoms with Gasteiger partial charge in [-0.1, -0.05) is 24.1 Å². The van der Waals surface area contributed by atoms with E-state index in [4.69, 9.17) is 0 Å². The van der Waals surface area contributed by atoms with Crippen LogP contribution in [0, 0.1) is 24.6 Å².